The highest BCUT2D eigenvalue weighted by Gasteiger charge is 2.37. The van der Waals surface area contributed by atoms with Crippen molar-refractivity contribution in [3.05, 3.63) is 47.7 Å². The van der Waals surface area contributed by atoms with Crippen molar-refractivity contribution in [3.8, 4) is 11.3 Å². The van der Waals surface area contributed by atoms with Gasteiger partial charge in [0.1, 0.15) is 0 Å². The Labute approximate surface area is 145 Å². The molecule has 0 saturated carbocycles. The molecule has 1 aromatic heterocycles. The fraction of sp³-hybridized carbons (Fsp3) is 0.524. The summed E-state index contributed by atoms with van der Waals surface area (Å²) in [5.41, 5.74) is 4.83. The molecular formula is C21H29N3. The summed E-state index contributed by atoms with van der Waals surface area (Å²) in [6.45, 7) is 11.3. The Bertz CT molecular complexity index is 685. The number of hydrogen-bond donors (Lipinski definition) is 1. The van der Waals surface area contributed by atoms with Crippen molar-refractivity contribution in [2.75, 3.05) is 0 Å². The first-order valence-electron chi connectivity index (χ1n) is 8.92. The molecule has 3 nitrogen and oxygen atoms in total. The van der Waals surface area contributed by atoms with Gasteiger partial charge < -0.3 is 5.32 Å². The fourth-order valence-electron chi connectivity index (χ4n) is 4.45. The second kappa shape index (κ2) is 6.29. The summed E-state index contributed by atoms with van der Waals surface area (Å²) >= 11 is 0. The van der Waals surface area contributed by atoms with E-state index in [1.54, 1.807) is 0 Å². The molecular weight excluding hydrogens is 294 g/mol. The van der Waals surface area contributed by atoms with Crippen molar-refractivity contribution in [1.29, 1.82) is 0 Å². The van der Waals surface area contributed by atoms with E-state index in [1.165, 1.54) is 24.0 Å². The van der Waals surface area contributed by atoms with Gasteiger partial charge in [-0.15, -0.1) is 0 Å². The van der Waals surface area contributed by atoms with Crippen LogP contribution in [0.3, 0.4) is 0 Å². The van der Waals surface area contributed by atoms with E-state index in [4.69, 9.17) is 0 Å². The van der Waals surface area contributed by atoms with Crippen LogP contribution in [0.25, 0.3) is 11.3 Å². The zero-order valence-corrected chi connectivity index (χ0v) is 15.6. The SMILES string of the molecule is Cc1ccccc1-c1ccc(CC2CC(C)(C)NC(C)(C)C2)nn1. The molecule has 3 heteroatoms. The monoisotopic (exact) mass is 323 g/mol. The molecule has 3 rings (SSSR count). The third-order valence-electron chi connectivity index (χ3n) is 4.91. The van der Waals surface area contributed by atoms with E-state index in [9.17, 15) is 0 Å². The molecule has 0 aliphatic carbocycles. The summed E-state index contributed by atoms with van der Waals surface area (Å²) < 4.78 is 0. The van der Waals surface area contributed by atoms with Gasteiger partial charge in [0.15, 0.2) is 0 Å². The van der Waals surface area contributed by atoms with Crippen LogP contribution in [0.2, 0.25) is 0 Å². The van der Waals surface area contributed by atoms with Crippen LogP contribution in [0, 0.1) is 12.8 Å². The smallest absolute Gasteiger partial charge is 0.0932 e. The summed E-state index contributed by atoms with van der Waals surface area (Å²) in [5.74, 6) is 0.648. The van der Waals surface area contributed by atoms with Gasteiger partial charge >= 0.3 is 0 Å². The standard InChI is InChI=1S/C21H29N3/c1-15-8-6-7-9-18(15)19-11-10-17(22-23-19)12-16-13-20(2,3)24-21(4,5)14-16/h6-11,16,24H,12-14H2,1-5H3. The van der Waals surface area contributed by atoms with Crippen LogP contribution < -0.4 is 5.32 Å². The zero-order chi connectivity index (χ0) is 17.4. The number of aryl methyl sites for hydroxylation is 1. The van der Waals surface area contributed by atoms with Gasteiger partial charge in [-0.2, -0.15) is 10.2 Å². The van der Waals surface area contributed by atoms with Gasteiger partial charge in [0.2, 0.25) is 0 Å². The molecule has 1 N–H and O–H groups in total. The second-order valence-electron chi connectivity index (χ2n) is 8.60. The van der Waals surface area contributed by atoms with E-state index in [0.717, 1.165) is 17.8 Å². The first kappa shape index (κ1) is 17.1. The molecule has 128 valence electrons. The van der Waals surface area contributed by atoms with Crippen molar-refractivity contribution < 1.29 is 0 Å². The Morgan fingerprint density at radius 2 is 1.62 bits per heavy atom. The number of aromatic nitrogens is 2. The molecule has 1 aromatic carbocycles. The number of nitrogens with zero attached hydrogens (tertiary/aromatic N) is 2. The largest absolute Gasteiger partial charge is 0.307 e. The highest BCUT2D eigenvalue weighted by atomic mass is 15.1. The van der Waals surface area contributed by atoms with Crippen molar-refractivity contribution in [2.45, 2.75) is 65.0 Å². The van der Waals surface area contributed by atoms with Gasteiger partial charge in [-0.25, -0.2) is 0 Å². The minimum Gasteiger partial charge on any atom is -0.307 e. The third-order valence-corrected chi connectivity index (χ3v) is 4.91. The van der Waals surface area contributed by atoms with E-state index in [2.05, 4.69) is 86.5 Å². The predicted molar refractivity (Wildman–Crippen MR) is 99.9 cm³/mol. The fourth-order valence-corrected chi connectivity index (χ4v) is 4.45. The Balaban J connectivity index is 1.74. The van der Waals surface area contributed by atoms with Gasteiger partial charge in [-0.3, -0.25) is 0 Å². The maximum atomic E-state index is 4.52. The molecule has 0 spiro atoms. The number of nitrogens with one attached hydrogen (secondary N) is 1. The molecule has 24 heavy (non-hydrogen) atoms. The predicted octanol–water partition coefficient (Wildman–Crippen LogP) is 4.55. The molecule has 1 saturated heterocycles. The number of hydrogen-bond acceptors (Lipinski definition) is 3. The lowest BCUT2D eigenvalue weighted by Gasteiger charge is -2.46. The molecule has 0 amide bonds. The molecule has 2 aromatic rings. The van der Waals surface area contributed by atoms with Crippen LogP contribution in [0.4, 0.5) is 0 Å². The lowest BCUT2D eigenvalue weighted by molar-refractivity contribution is 0.128. The van der Waals surface area contributed by atoms with Crippen LogP contribution in [0.5, 0.6) is 0 Å². The summed E-state index contributed by atoms with van der Waals surface area (Å²) in [7, 11) is 0. The molecule has 1 fully saturated rings. The van der Waals surface area contributed by atoms with Crippen LogP contribution in [-0.4, -0.2) is 21.3 Å². The Morgan fingerprint density at radius 1 is 0.958 bits per heavy atom. The van der Waals surface area contributed by atoms with Gasteiger partial charge in [0.25, 0.3) is 0 Å². The molecule has 0 atom stereocenters. The van der Waals surface area contributed by atoms with Crippen molar-refractivity contribution in [3.63, 3.8) is 0 Å². The van der Waals surface area contributed by atoms with Gasteiger partial charge in [0, 0.05) is 16.6 Å². The first-order chi connectivity index (χ1) is 11.2. The zero-order valence-electron chi connectivity index (χ0n) is 15.6. The maximum absolute atomic E-state index is 4.52. The van der Waals surface area contributed by atoms with E-state index >= 15 is 0 Å². The summed E-state index contributed by atoms with van der Waals surface area (Å²) in [6.07, 6.45) is 3.37. The minimum absolute atomic E-state index is 0.181. The highest BCUT2D eigenvalue weighted by Crippen LogP contribution is 2.34. The summed E-state index contributed by atoms with van der Waals surface area (Å²) in [5, 5.41) is 12.7. The Morgan fingerprint density at radius 3 is 2.21 bits per heavy atom. The van der Waals surface area contributed by atoms with Gasteiger partial charge in [-0.1, -0.05) is 24.3 Å². The Kier molecular flexibility index (Phi) is 4.48. The van der Waals surface area contributed by atoms with Crippen molar-refractivity contribution in [1.82, 2.24) is 15.5 Å². The number of rotatable bonds is 3. The van der Waals surface area contributed by atoms with E-state index in [1.807, 2.05) is 0 Å². The van der Waals surface area contributed by atoms with Crippen LogP contribution in [0.1, 0.15) is 51.8 Å². The first-order valence-corrected chi connectivity index (χ1v) is 8.92. The number of piperidine rings is 1. The van der Waals surface area contributed by atoms with Gasteiger partial charge in [0.05, 0.1) is 11.4 Å². The van der Waals surface area contributed by atoms with E-state index < -0.39 is 0 Å². The lowest BCUT2D eigenvalue weighted by Crippen LogP contribution is -2.58. The number of benzene rings is 1. The van der Waals surface area contributed by atoms with Crippen molar-refractivity contribution >= 4 is 0 Å². The molecule has 2 heterocycles. The average molecular weight is 323 g/mol. The Hall–Kier alpha value is -1.74. The third kappa shape index (κ3) is 4.02. The topological polar surface area (TPSA) is 37.8 Å². The van der Waals surface area contributed by atoms with Crippen LogP contribution in [0.15, 0.2) is 36.4 Å². The van der Waals surface area contributed by atoms with Crippen LogP contribution >= 0.6 is 0 Å². The summed E-state index contributed by atoms with van der Waals surface area (Å²) in [6, 6.07) is 12.6. The molecule has 1 aliphatic heterocycles. The van der Waals surface area contributed by atoms with Crippen LogP contribution in [-0.2, 0) is 6.42 Å². The highest BCUT2D eigenvalue weighted by molar-refractivity contribution is 5.62. The summed E-state index contributed by atoms with van der Waals surface area (Å²) in [4.78, 5) is 0. The molecule has 1 aliphatic rings. The maximum Gasteiger partial charge on any atom is 0.0932 e. The van der Waals surface area contributed by atoms with Crippen molar-refractivity contribution in [2.24, 2.45) is 5.92 Å². The quantitative estimate of drug-likeness (QED) is 0.900. The van der Waals surface area contributed by atoms with Gasteiger partial charge in [-0.05, 0) is 77.5 Å². The van der Waals surface area contributed by atoms with E-state index in [0.29, 0.717) is 5.92 Å². The molecule has 0 bridgehead atoms. The lowest BCUT2D eigenvalue weighted by atomic mass is 9.74. The molecule has 0 radical (unpaired) electrons. The molecule has 0 unspecified atom stereocenters. The van der Waals surface area contributed by atoms with E-state index in [-0.39, 0.29) is 11.1 Å². The second-order valence-corrected chi connectivity index (χ2v) is 8.60. The average Bonchev–Trinajstić information content (AvgIpc) is 2.45. The minimum atomic E-state index is 0.181. The normalized spacial score (nSPS) is 20.0.